The summed E-state index contributed by atoms with van der Waals surface area (Å²) in [5.41, 5.74) is 0.887. The van der Waals surface area contributed by atoms with Gasteiger partial charge >= 0.3 is 0 Å². The Bertz CT molecular complexity index is 247. The summed E-state index contributed by atoms with van der Waals surface area (Å²) in [6, 6.07) is 7.64. The van der Waals surface area contributed by atoms with Crippen LogP contribution in [0.1, 0.15) is 5.56 Å². The fraction of sp³-hybridized carbons (Fsp3) is 0. The topological polar surface area (TPSA) is 32.6 Å². The smallest absolute Gasteiger partial charge is 0.0733 e. The van der Waals surface area contributed by atoms with Crippen LogP contribution < -0.4 is 0 Å². The quantitative estimate of drug-likeness (QED) is 0.483. The van der Waals surface area contributed by atoms with Crippen LogP contribution in [0.25, 0.3) is 0 Å². The minimum atomic E-state index is 0.887. The van der Waals surface area contributed by atoms with Crippen molar-refractivity contribution in [2.45, 2.75) is 4.90 Å². The molecule has 58 valence electrons. The van der Waals surface area contributed by atoms with Crippen molar-refractivity contribution in [2.24, 2.45) is 5.16 Å². The summed E-state index contributed by atoms with van der Waals surface area (Å²) in [5.74, 6) is 0. The second-order valence-corrected chi connectivity index (χ2v) is 3.49. The van der Waals surface area contributed by atoms with Gasteiger partial charge in [-0.2, -0.15) is 0 Å². The molecule has 4 heteroatoms. The molecule has 0 saturated heterocycles. The molecule has 0 bridgehead atoms. The Morgan fingerprint density at radius 3 is 2.45 bits per heavy atom. The fourth-order valence-corrected chi connectivity index (χ4v) is 1.56. The van der Waals surface area contributed by atoms with Crippen molar-refractivity contribution in [3.63, 3.8) is 0 Å². The lowest BCUT2D eigenvalue weighted by Crippen LogP contribution is -1.78. The Morgan fingerprint density at radius 2 is 2.00 bits per heavy atom. The van der Waals surface area contributed by atoms with E-state index in [2.05, 4.69) is 20.0 Å². The Hall–Kier alpha value is -0.480. The Labute approximate surface area is 76.5 Å². The SMILES string of the molecule is ON=Cc1ccc(SBr)cc1. The highest BCUT2D eigenvalue weighted by molar-refractivity contribution is 9.50. The molecule has 0 unspecified atom stereocenters. The Kier molecular flexibility index (Phi) is 3.45. The Balaban J connectivity index is 2.82. The van der Waals surface area contributed by atoms with Crippen molar-refractivity contribution in [1.82, 2.24) is 0 Å². The van der Waals surface area contributed by atoms with E-state index in [1.54, 1.807) is 0 Å². The van der Waals surface area contributed by atoms with Gasteiger partial charge in [-0.25, -0.2) is 0 Å². The number of oxime groups is 1. The summed E-state index contributed by atoms with van der Waals surface area (Å²) in [7, 11) is 1.50. The van der Waals surface area contributed by atoms with Gasteiger partial charge in [-0.05, 0) is 42.7 Å². The molecule has 0 aliphatic rings. The summed E-state index contributed by atoms with van der Waals surface area (Å²) in [6.45, 7) is 0. The highest BCUT2D eigenvalue weighted by Gasteiger charge is 1.89. The molecule has 0 aromatic heterocycles. The van der Waals surface area contributed by atoms with E-state index in [0.717, 1.165) is 10.5 Å². The second-order valence-electron chi connectivity index (χ2n) is 1.89. The van der Waals surface area contributed by atoms with E-state index in [0.29, 0.717) is 0 Å². The van der Waals surface area contributed by atoms with E-state index in [1.165, 1.54) is 16.4 Å². The van der Waals surface area contributed by atoms with Crippen molar-refractivity contribution in [1.29, 1.82) is 0 Å². The predicted molar refractivity (Wildman–Crippen MR) is 50.6 cm³/mol. The van der Waals surface area contributed by atoms with Crippen LogP contribution in [0.5, 0.6) is 0 Å². The summed E-state index contributed by atoms with van der Waals surface area (Å²) in [5, 5.41) is 11.1. The van der Waals surface area contributed by atoms with Crippen molar-refractivity contribution in [3.05, 3.63) is 29.8 Å². The third-order valence-electron chi connectivity index (χ3n) is 1.18. The summed E-state index contributed by atoms with van der Waals surface area (Å²) in [6.07, 6.45) is 1.39. The average molecular weight is 232 g/mol. The van der Waals surface area contributed by atoms with Gasteiger partial charge in [0.1, 0.15) is 0 Å². The minimum absolute atomic E-state index is 0.887. The lowest BCUT2D eigenvalue weighted by atomic mass is 10.2. The molecule has 11 heavy (non-hydrogen) atoms. The third kappa shape index (κ3) is 2.55. The van der Waals surface area contributed by atoms with E-state index in [1.807, 2.05) is 24.3 Å². The van der Waals surface area contributed by atoms with Crippen LogP contribution in [0.2, 0.25) is 0 Å². The molecule has 0 fully saturated rings. The van der Waals surface area contributed by atoms with E-state index in [4.69, 9.17) is 5.21 Å². The van der Waals surface area contributed by atoms with Crippen LogP contribution in [0.15, 0.2) is 34.3 Å². The highest BCUT2D eigenvalue weighted by Crippen LogP contribution is 2.23. The van der Waals surface area contributed by atoms with Crippen molar-refractivity contribution in [3.8, 4) is 0 Å². The molecule has 0 aliphatic carbocycles. The van der Waals surface area contributed by atoms with Gasteiger partial charge in [-0.3, -0.25) is 0 Å². The number of hydrogen-bond acceptors (Lipinski definition) is 3. The molecule has 0 aliphatic heterocycles. The number of nitrogens with zero attached hydrogens (tertiary/aromatic N) is 1. The maximum atomic E-state index is 8.20. The fourth-order valence-electron chi connectivity index (χ4n) is 0.672. The first-order valence-electron chi connectivity index (χ1n) is 2.93. The van der Waals surface area contributed by atoms with E-state index in [-0.39, 0.29) is 0 Å². The monoisotopic (exact) mass is 231 g/mol. The first-order chi connectivity index (χ1) is 5.36. The molecule has 1 N–H and O–H groups in total. The van der Waals surface area contributed by atoms with Crippen LogP contribution in [0.4, 0.5) is 0 Å². The molecular formula is C7H6BrNOS. The summed E-state index contributed by atoms with van der Waals surface area (Å²) < 4.78 is 0. The zero-order valence-electron chi connectivity index (χ0n) is 5.57. The van der Waals surface area contributed by atoms with Crippen LogP contribution in [0, 0.1) is 0 Å². The molecular weight excluding hydrogens is 226 g/mol. The lowest BCUT2D eigenvalue weighted by Gasteiger charge is -1.93. The molecule has 0 saturated carbocycles. The Morgan fingerprint density at radius 1 is 1.36 bits per heavy atom. The standard InChI is InChI=1S/C7H6BrNOS/c8-11-7-3-1-6(2-4-7)5-9-10/h1-5,10H. The van der Waals surface area contributed by atoms with Gasteiger partial charge in [-0.1, -0.05) is 17.3 Å². The summed E-state index contributed by atoms with van der Waals surface area (Å²) in [4.78, 5) is 1.13. The van der Waals surface area contributed by atoms with Crippen molar-refractivity contribution < 1.29 is 5.21 Å². The maximum Gasteiger partial charge on any atom is 0.0733 e. The zero-order valence-corrected chi connectivity index (χ0v) is 7.97. The molecule has 0 amide bonds. The molecule has 1 aromatic carbocycles. The third-order valence-corrected chi connectivity index (χ3v) is 2.75. The first-order valence-corrected chi connectivity index (χ1v) is 5.59. The van der Waals surface area contributed by atoms with Crippen LogP contribution in [-0.2, 0) is 0 Å². The van der Waals surface area contributed by atoms with Crippen LogP contribution in [-0.4, -0.2) is 11.4 Å². The average Bonchev–Trinajstić information content (AvgIpc) is 2.07. The molecule has 0 spiro atoms. The summed E-state index contributed by atoms with van der Waals surface area (Å²) >= 11 is 3.25. The predicted octanol–water partition coefficient (Wildman–Crippen LogP) is 2.90. The first kappa shape index (κ1) is 8.62. The van der Waals surface area contributed by atoms with Crippen LogP contribution >= 0.6 is 25.0 Å². The number of halogens is 1. The van der Waals surface area contributed by atoms with Crippen molar-refractivity contribution >= 4 is 31.2 Å². The second kappa shape index (κ2) is 4.41. The van der Waals surface area contributed by atoms with Gasteiger partial charge in [0.15, 0.2) is 0 Å². The number of hydrogen-bond donors (Lipinski definition) is 1. The maximum absolute atomic E-state index is 8.20. The molecule has 0 heterocycles. The van der Waals surface area contributed by atoms with Gasteiger partial charge in [0, 0.05) is 4.90 Å². The molecule has 0 atom stereocenters. The zero-order chi connectivity index (χ0) is 8.10. The van der Waals surface area contributed by atoms with E-state index in [9.17, 15) is 0 Å². The van der Waals surface area contributed by atoms with Crippen molar-refractivity contribution in [2.75, 3.05) is 0 Å². The minimum Gasteiger partial charge on any atom is -0.411 e. The van der Waals surface area contributed by atoms with Crippen LogP contribution in [0.3, 0.4) is 0 Å². The van der Waals surface area contributed by atoms with E-state index < -0.39 is 0 Å². The lowest BCUT2D eigenvalue weighted by molar-refractivity contribution is 0.322. The number of benzene rings is 1. The van der Waals surface area contributed by atoms with E-state index >= 15 is 0 Å². The van der Waals surface area contributed by atoms with Gasteiger partial charge in [0.2, 0.25) is 0 Å². The van der Waals surface area contributed by atoms with Gasteiger partial charge in [-0.15, -0.1) is 0 Å². The van der Waals surface area contributed by atoms with Gasteiger partial charge < -0.3 is 5.21 Å². The molecule has 1 rings (SSSR count). The number of rotatable bonds is 2. The van der Waals surface area contributed by atoms with Gasteiger partial charge in [0.25, 0.3) is 0 Å². The molecule has 2 nitrogen and oxygen atoms in total. The largest absolute Gasteiger partial charge is 0.411 e. The molecule has 1 aromatic rings. The highest BCUT2D eigenvalue weighted by atomic mass is 79.9. The normalized spacial score (nSPS) is 10.6. The molecule has 0 radical (unpaired) electrons. The van der Waals surface area contributed by atoms with Gasteiger partial charge in [0.05, 0.1) is 6.21 Å².